The number of rotatable bonds is 8. The third-order valence-electron chi connectivity index (χ3n) is 5.81. The van der Waals surface area contributed by atoms with Gasteiger partial charge in [0.25, 0.3) is 5.91 Å². The highest BCUT2D eigenvalue weighted by atomic mass is 79.9. The number of halogens is 1. The minimum atomic E-state index is -0.549. The van der Waals surface area contributed by atoms with Crippen LogP contribution in [0.25, 0.3) is 5.70 Å². The van der Waals surface area contributed by atoms with Crippen LogP contribution < -0.4 is 25.4 Å². The van der Waals surface area contributed by atoms with Crippen LogP contribution in [0, 0.1) is 0 Å². The van der Waals surface area contributed by atoms with E-state index in [1.807, 2.05) is 73.7 Å². The fourth-order valence-corrected chi connectivity index (χ4v) is 5.46. The molecule has 1 N–H and O–H groups in total. The lowest BCUT2D eigenvalue weighted by Gasteiger charge is -2.34. The SMILES string of the molecule is CCCSC1=NN2C(=c3ccccc3=N[C@@H]2c2cc(Br)c(OCc3ccccc3)c(OCC)c2)C(=O)N1. The Kier molecular flexibility index (Phi) is 7.81. The van der Waals surface area contributed by atoms with Crippen molar-refractivity contribution in [1.82, 2.24) is 10.3 Å². The van der Waals surface area contributed by atoms with E-state index in [0.717, 1.165) is 38.3 Å². The van der Waals surface area contributed by atoms with Crippen LogP contribution >= 0.6 is 27.7 Å². The fraction of sp³-hybridized carbons (Fsp3) is 0.250. The summed E-state index contributed by atoms with van der Waals surface area (Å²) in [5.41, 5.74) is 2.37. The number of hydrogen-bond acceptors (Lipinski definition) is 7. The lowest BCUT2D eigenvalue weighted by molar-refractivity contribution is -0.116. The fourth-order valence-electron chi connectivity index (χ4n) is 4.18. The van der Waals surface area contributed by atoms with Gasteiger partial charge < -0.3 is 9.47 Å². The molecule has 3 aromatic rings. The molecular weight excluding hydrogens is 552 g/mol. The number of nitrogens with zero attached hydrogens (tertiary/aromatic N) is 3. The highest BCUT2D eigenvalue weighted by Gasteiger charge is 2.35. The number of para-hydroxylation sites is 1. The molecule has 3 aromatic carbocycles. The van der Waals surface area contributed by atoms with Crippen LogP contribution in [0.3, 0.4) is 0 Å². The molecule has 0 saturated heterocycles. The van der Waals surface area contributed by atoms with Crippen LogP contribution in [-0.4, -0.2) is 28.4 Å². The summed E-state index contributed by atoms with van der Waals surface area (Å²) in [6.45, 7) is 4.92. The molecular formula is C28H27BrN4O3S. The first-order valence-electron chi connectivity index (χ1n) is 12.2. The number of hydrazone groups is 1. The summed E-state index contributed by atoms with van der Waals surface area (Å²) in [5, 5.41) is 11.6. The molecule has 0 aliphatic carbocycles. The molecule has 5 rings (SSSR count). The molecule has 9 heteroatoms. The molecule has 0 spiro atoms. The van der Waals surface area contributed by atoms with Crippen LogP contribution in [0.1, 0.15) is 37.6 Å². The summed E-state index contributed by atoms with van der Waals surface area (Å²) < 4.78 is 12.9. The molecule has 0 aromatic heterocycles. The van der Waals surface area contributed by atoms with Gasteiger partial charge in [0.15, 0.2) is 22.8 Å². The zero-order valence-electron chi connectivity index (χ0n) is 20.6. The van der Waals surface area contributed by atoms with Gasteiger partial charge in [-0.2, -0.15) is 0 Å². The predicted molar refractivity (Wildman–Crippen MR) is 150 cm³/mol. The first kappa shape index (κ1) is 25.4. The molecule has 7 nitrogen and oxygen atoms in total. The van der Waals surface area contributed by atoms with Crippen LogP contribution in [0.15, 0.2) is 81.3 Å². The molecule has 0 bridgehead atoms. The molecule has 1 atom stereocenters. The van der Waals surface area contributed by atoms with E-state index in [4.69, 9.17) is 19.6 Å². The van der Waals surface area contributed by atoms with Gasteiger partial charge in [0.05, 0.1) is 16.4 Å². The largest absolute Gasteiger partial charge is 0.490 e. The average Bonchev–Trinajstić information content (AvgIpc) is 2.91. The van der Waals surface area contributed by atoms with Crippen molar-refractivity contribution in [3.05, 3.63) is 92.9 Å². The van der Waals surface area contributed by atoms with Crippen molar-refractivity contribution >= 4 is 44.5 Å². The molecule has 0 fully saturated rings. The molecule has 1 amide bonds. The Hall–Kier alpha value is -3.30. The van der Waals surface area contributed by atoms with Crippen molar-refractivity contribution in [1.29, 1.82) is 0 Å². The molecule has 190 valence electrons. The highest BCUT2D eigenvalue weighted by Crippen LogP contribution is 2.41. The molecule has 0 saturated carbocycles. The Balaban J connectivity index is 1.58. The Labute approximate surface area is 228 Å². The molecule has 37 heavy (non-hydrogen) atoms. The van der Waals surface area contributed by atoms with Crippen molar-refractivity contribution in [2.75, 3.05) is 12.4 Å². The number of benzene rings is 3. The summed E-state index contributed by atoms with van der Waals surface area (Å²) in [4.78, 5) is 18.3. The van der Waals surface area contributed by atoms with E-state index in [1.165, 1.54) is 11.8 Å². The third kappa shape index (κ3) is 5.38. The van der Waals surface area contributed by atoms with Crippen LogP contribution in [0.2, 0.25) is 0 Å². The normalized spacial score (nSPS) is 16.2. The van der Waals surface area contributed by atoms with E-state index in [9.17, 15) is 4.79 Å². The molecule has 2 aliphatic heterocycles. The standard InChI is InChI=1S/C28H27BrN4O3S/c1-3-14-37-28-31-27(34)24-20-12-8-9-13-22(20)30-26(33(24)32-28)19-15-21(29)25(23(16-19)35-4-2)36-17-18-10-6-5-7-11-18/h5-13,15-16,26H,3-4,14,17H2,1-2H3,(H,31,32,34)/t26-/m0/s1. The number of nitrogens with one attached hydrogen (secondary N) is 1. The second kappa shape index (κ2) is 11.4. The minimum absolute atomic E-state index is 0.187. The van der Waals surface area contributed by atoms with Gasteiger partial charge in [-0.3, -0.25) is 15.1 Å². The maximum Gasteiger partial charge on any atom is 0.276 e. The molecule has 2 aliphatic rings. The van der Waals surface area contributed by atoms with E-state index < -0.39 is 6.17 Å². The number of hydrogen-bond donors (Lipinski definition) is 1. The molecule has 0 radical (unpaired) electrons. The molecule has 2 heterocycles. The van der Waals surface area contributed by atoms with E-state index in [0.29, 0.717) is 35.6 Å². The van der Waals surface area contributed by atoms with Crippen molar-refractivity contribution < 1.29 is 14.3 Å². The smallest absolute Gasteiger partial charge is 0.276 e. The number of thioether (sulfide) groups is 1. The van der Waals surface area contributed by atoms with Gasteiger partial charge in [0.1, 0.15) is 12.3 Å². The van der Waals surface area contributed by atoms with Crippen molar-refractivity contribution in [3.8, 4) is 11.5 Å². The lowest BCUT2D eigenvalue weighted by Crippen LogP contribution is -2.50. The van der Waals surface area contributed by atoms with Gasteiger partial charge in [-0.05, 0) is 53.0 Å². The van der Waals surface area contributed by atoms with Crippen LogP contribution in [-0.2, 0) is 11.4 Å². The van der Waals surface area contributed by atoms with Crippen LogP contribution in [0.5, 0.6) is 11.5 Å². The number of amides is 1. The highest BCUT2D eigenvalue weighted by molar-refractivity contribution is 9.10. The number of carbonyl (C=O) groups is 1. The lowest BCUT2D eigenvalue weighted by atomic mass is 10.1. The first-order chi connectivity index (χ1) is 18.1. The van der Waals surface area contributed by atoms with Crippen LogP contribution in [0.4, 0.5) is 0 Å². The second-order valence-electron chi connectivity index (χ2n) is 8.46. The quantitative estimate of drug-likeness (QED) is 0.419. The number of carbonyl (C=O) groups excluding carboxylic acids is 1. The third-order valence-corrected chi connectivity index (χ3v) is 7.47. The predicted octanol–water partition coefficient (Wildman–Crippen LogP) is 4.71. The van der Waals surface area contributed by atoms with Gasteiger partial charge in [-0.15, -0.1) is 5.10 Å². The van der Waals surface area contributed by atoms with Gasteiger partial charge in [-0.25, -0.2) is 5.01 Å². The van der Waals surface area contributed by atoms with E-state index >= 15 is 0 Å². The number of ether oxygens (including phenoxy) is 2. The Morgan fingerprint density at radius 2 is 1.84 bits per heavy atom. The second-order valence-corrected chi connectivity index (χ2v) is 10.4. The average molecular weight is 580 g/mol. The minimum Gasteiger partial charge on any atom is -0.490 e. The summed E-state index contributed by atoms with van der Waals surface area (Å²) in [5.74, 6) is 1.89. The zero-order chi connectivity index (χ0) is 25.8. The van der Waals surface area contributed by atoms with Crippen molar-refractivity contribution in [2.45, 2.75) is 33.0 Å². The summed E-state index contributed by atoms with van der Waals surface area (Å²) in [7, 11) is 0. The van der Waals surface area contributed by atoms with E-state index in [2.05, 4.69) is 28.2 Å². The van der Waals surface area contributed by atoms with Crippen molar-refractivity contribution in [3.63, 3.8) is 0 Å². The number of amidine groups is 1. The maximum absolute atomic E-state index is 13.3. The topological polar surface area (TPSA) is 75.5 Å². The van der Waals surface area contributed by atoms with Gasteiger partial charge >= 0.3 is 0 Å². The van der Waals surface area contributed by atoms with Gasteiger partial charge in [0.2, 0.25) is 0 Å². The van der Waals surface area contributed by atoms with Crippen molar-refractivity contribution in [2.24, 2.45) is 10.1 Å². The zero-order valence-corrected chi connectivity index (χ0v) is 23.0. The summed E-state index contributed by atoms with van der Waals surface area (Å²) >= 11 is 5.22. The maximum atomic E-state index is 13.3. The van der Waals surface area contributed by atoms with Gasteiger partial charge in [-0.1, -0.05) is 67.2 Å². The van der Waals surface area contributed by atoms with E-state index in [1.54, 1.807) is 5.01 Å². The number of fused-ring (bicyclic) bond motifs is 2. The Morgan fingerprint density at radius 1 is 1.05 bits per heavy atom. The first-order valence-corrected chi connectivity index (χ1v) is 14.0. The summed E-state index contributed by atoms with van der Waals surface area (Å²) in [6.07, 6.45) is 0.425. The monoisotopic (exact) mass is 578 g/mol. The Morgan fingerprint density at radius 3 is 2.62 bits per heavy atom. The van der Waals surface area contributed by atoms with E-state index in [-0.39, 0.29) is 5.91 Å². The summed E-state index contributed by atoms with van der Waals surface area (Å²) in [6, 6.07) is 21.5. The van der Waals surface area contributed by atoms with Gasteiger partial charge in [0, 0.05) is 16.5 Å². The Bertz CT molecular complexity index is 1460. The molecule has 0 unspecified atom stereocenters.